The summed E-state index contributed by atoms with van der Waals surface area (Å²) in [5.74, 6) is 1.58. The zero-order valence-electron chi connectivity index (χ0n) is 8.81. The highest BCUT2D eigenvalue weighted by Gasteiger charge is 2.08. The number of hydrogen-bond donors (Lipinski definition) is 1. The summed E-state index contributed by atoms with van der Waals surface area (Å²) in [5.41, 5.74) is 0.876. The molecule has 0 fully saturated rings. The van der Waals surface area contributed by atoms with Gasteiger partial charge in [0.1, 0.15) is 11.5 Å². The fourth-order valence-corrected chi connectivity index (χ4v) is 2.11. The fourth-order valence-electron chi connectivity index (χ4n) is 1.33. The quantitative estimate of drug-likeness (QED) is 0.576. The monoisotopic (exact) mass is 450 g/mol. The first kappa shape index (κ1) is 13.2. The third kappa shape index (κ3) is 3.85. The zero-order chi connectivity index (χ0) is 12.3. The molecule has 2 nitrogen and oxygen atoms in total. The lowest BCUT2D eigenvalue weighted by molar-refractivity contribution is 0.482. The molecule has 0 radical (unpaired) electrons. The van der Waals surface area contributed by atoms with E-state index >= 15 is 0 Å². The van der Waals surface area contributed by atoms with Crippen molar-refractivity contribution < 1.29 is 9.76 Å². The second kappa shape index (κ2) is 6.06. The topological polar surface area (TPSA) is 29.5 Å². The Hall–Kier alpha value is -0.275. The van der Waals surface area contributed by atoms with Gasteiger partial charge >= 0.3 is 4.77 Å². The van der Waals surface area contributed by atoms with E-state index in [4.69, 9.17) is 4.74 Å². The molecule has 0 unspecified atom stereocenters. The van der Waals surface area contributed by atoms with Crippen molar-refractivity contribution in [1.29, 1.82) is 0 Å². The molecule has 0 aliphatic carbocycles. The van der Waals surface area contributed by atoms with Gasteiger partial charge < -0.3 is 9.76 Å². The highest BCUT2D eigenvalue weighted by molar-refractivity contribution is 14.1. The summed E-state index contributed by atoms with van der Waals surface area (Å²) in [7, 11) is 0. The molecule has 0 saturated heterocycles. The first-order valence-corrected chi connectivity index (χ1v) is 7.33. The summed E-state index contributed by atoms with van der Waals surface area (Å²) >= 11 is 4.22. The maximum atomic E-state index is 9.38. The number of hydrogen-bond acceptors (Lipinski definition) is 2. The Morgan fingerprint density at radius 3 is 1.82 bits per heavy atom. The molecule has 2 aromatic rings. The predicted octanol–water partition coefficient (Wildman–Crippen LogP) is 3.21. The summed E-state index contributed by atoms with van der Waals surface area (Å²) in [6.07, 6.45) is 0. The Morgan fingerprint density at radius 2 is 1.35 bits per heavy atom. The molecule has 86 valence electrons. The van der Waals surface area contributed by atoms with Crippen LogP contribution in [0.15, 0.2) is 48.5 Å². The van der Waals surface area contributed by atoms with E-state index in [1.807, 2.05) is 70.9 Å². The SMILES string of the molecule is OB(I)c1ccc(Oc2ccc(I)cc2)cc1. The van der Waals surface area contributed by atoms with Gasteiger partial charge in [-0.3, -0.25) is 0 Å². The van der Waals surface area contributed by atoms with Crippen molar-refractivity contribution in [3.8, 4) is 11.5 Å². The van der Waals surface area contributed by atoms with Crippen molar-refractivity contribution in [2.45, 2.75) is 0 Å². The van der Waals surface area contributed by atoms with Crippen LogP contribution in [0.5, 0.6) is 11.5 Å². The minimum absolute atomic E-state index is 0.472. The minimum Gasteiger partial charge on any atom is -0.457 e. The minimum atomic E-state index is -0.472. The van der Waals surface area contributed by atoms with Gasteiger partial charge in [0.25, 0.3) is 0 Å². The molecule has 0 amide bonds. The van der Waals surface area contributed by atoms with Crippen LogP contribution in [-0.4, -0.2) is 9.80 Å². The lowest BCUT2D eigenvalue weighted by atomic mass is 9.89. The molecule has 0 aliphatic heterocycles. The van der Waals surface area contributed by atoms with Crippen molar-refractivity contribution >= 4 is 55.2 Å². The number of ether oxygens (including phenoxy) is 1. The van der Waals surface area contributed by atoms with E-state index in [9.17, 15) is 5.02 Å². The normalized spacial score (nSPS) is 10.1. The Morgan fingerprint density at radius 1 is 0.882 bits per heavy atom. The zero-order valence-corrected chi connectivity index (χ0v) is 13.1. The van der Waals surface area contributed by atoms with Gasteiger partial charge in [0.15, 0.2) is 0 Å². The first-order valence-electron chi connectivity index (χ1n) is 5.01. The van der Waals surface area contributed by atoms with Gasteiger partial charge in [-0.2, -0.15) is 0 Å². The van der Waals surface area contributed by atoms with Crippen molar-refractivity contribution in [1.82, 2.24) is 0 Å². The number of benzene rings is 2. The summed E-state index contributed by atoms with van der Waals surface area (Å²) in [6, 6.07) is 15.3. The number of rotatable bonds is 3. The molecule has 0 saturated carbocycles. The van der Waals surface area contributed by atoms with E-state index in [0.717, 1.165) is 17.0 Å². The smallest absolute Gasteiger partial charge is 0.397 e. The highest BCUT2D eigenvalue weighted by Crippen LogP contribution is 2.21. The molecule has 5 heteroatoms. The van der Waals surface area contributed by atoms with Crippen LogP contribution in [0.2, 0.25) is 0 Å². The molecule has 0 heterocycles. The molecule has 0 aromatic heterocycles. The molecule has 1 N–H and O–H groups in total. The van der Waals surface area contributed by atoms with Gasteiger partial charge in [0.2, 0.25) is 0 Å². The third-order valence-electron chi connectivity index (χ3n) is 2.20. The van der Waals surface area contributed by atoms with E-state index in [1.54, 1.807) is 0 Å². The maximum Gasteiger partial charge on any atom is 0.397 e. The average Bonchev–Trinajstić information content (AvgIpc) is 2.33. The lowest BCUT2D eigenvalue weighted by Gasteiger charge is -2.06. The van der Waals surface area contributed by atoms with Gasteiger partial charge in [-0.1, -0.05) is 12.1 Å². The molecule has 0 bridgehead atoms. The largest absolute Gasteiger partial charge is 0.457 e. The van der Waals surface area contributed by atoms with Gasteiger partial charge in [-0.25, -0.2) is 0 Å². The standard InChI is InChI=1S/C12H9BI2O2/c14-10-3-7-12(8-4-10)17-11-5-1-9(2-6-11)13(15)16/h1-8,16H. The van der Waals surface area contributed by atoms with E-state index < -0.39 is 4.77 Å². The second-order valence-electron chi connectivity index (χ2n) is 3.46. The van der Waals surface area contributed by atoms with Crippen LogP contribution in [-0.2, 0) is 0 Å². The number of halogens is 2. The summed E-state index contributed by atoms with van der Waals surface area (Å²) in [4.78, 5) is 0. The van der Waals surface area contributed by atoms with Gasteiger partial charge in [-0.15, -0.1) is 22.4 Å². The summed E-state index contributed by atoms with van der Waals surface area (Å²) in [5, 5.41) is 9.38. The van der Waals surface area contributed by atoms with E-state index in [0.29, 0.717) is 0 Å². The summed E-state index contributed by atoms with van der Waals surface area (Å²) < 4.78 is 6.39. The van der Waals surface area contributed by atoms with Crippen LogP contribution in [0.25, 0.3) is 0 Å². The van der Waals surface area contributed by atoms with Crippen molar-refractivity contribution in [3.05, 3.63) is 52.1 Å². The average molecular weight is 450 g/mol. The van der Waals surface area contributed by atoms with Gasteiger partial charge in [-0.05, 0) is 64.5 Å². The van der Waals surface area contributed by atoms with Crippen LogP contribution in [0.1, 0.15) is 0 Å². The Bertz CT molecular complexity index is 483. The Balaban J connectivity index is 2.11. The van der Waals surface area contributed by atoms with Crippen LogP contribution < -0.4 is 10.2 Å². The van der Waals surface area contributed by atoms with E-state index in [2.05, 4.69) is 22.6 Å². The van der Waals surface area contributed by atoms with Gasteiger partial charge in [0, 0.05) is 3.57 Å². The van der Waals surface area contributed by atoms with Crippen LogP contribution in [0, 0.1) is 3.57 Å². The molecule has 2 rings (SSSR count). The van der Waals surface area contributed by atoms with Crippen molar-refractivity contribution in [2.24, 2.45) is 0 Å². The fraction of sp³-hybridized carbons (Fsp3) is 0. The lowest BCUT2D eigenvalue weighted by Crippen LogP contribution is -2.22. The first-order chi connectivity index (χ1) is 8.15. The Kier molecular flexibility index (Phi) is 4.69. The van der Waals surface area contributed by atoms with Crippen molar-refractivity contribution in [3.63, 3.8) is 0 Å². The summed E-state index contributed by atoms with van der Waals surface area (Å²) in [6.45, 7) is 0. The molecular weight excluding hydrogens is 441 g/mol. The highest BCUT2D eigenvalue weighted by atomic mass is 127. The van der Waals surface area contributed by atoms with Crippen molar-refractivity contribution in [2.75, 3.05) is 0 Å². The van der Waals surface area contributed by atoms with Crippen LogP contribution >= 0.6 is 45.0 Å². The molecular formula is C12H9BI2O2. The van der Waals surface area contributed by atoms with E-state index in [1.165, 1.54) is 3.57 Å². The third-order valence-corrected chi connectivity index (χ3v) is 3.64. The molecule has 17 heavy (non-hydrogen) atoms. The predicted molar refractivity (Wildman–Crippen MR) is 87.3 cm³/mol. The molecule has 0 spiro atoms. The molecule has 0 atom stereocenters. The second-order valence-corrected chi connectivity index (χ2v) is 5.89. The van der Waals surface area contributed by atoms with Crippen LogP contribution in [0.4, 0.5) is 0 Å². The molecule has 0 aliphatic rings. The Labute approximate surface area is 128 Å². The maximum absolute atomic E-state index is 9.38. The van der Waals surface area contributed by atoms with Gasteiger partial charge in [0.05, 0.1) is 0 Å². The van der Waals surface area contributed by atoms with Crippen LogP contribution in [0.3, 0.4) is 0 Å². The molecule has 2 aromatic carbocycles. The van der Waals surface area contributed by atoms with E-state index in [-0.39, 0.29) is 0 Å².